The highest BCUT2D eigenvalue weighted by Gasteiger charge is 2.37. The second-order valence-corrected chi connectivity index (χ2v) is 9.67. The van der Waals surface area contributed by atoms with Gasteiger partial charge in [0.2, 0.25) is 5.91 Å². The Kier molecular flexibility index (Phi) is 8.74. The van der Waals surface area contributed by atoms with Gasteiger partial charge in [0.25, 0.3) is 5.91 Å². The number of piperidine rings is 1. The van der Waals surface area contributed by atoms with Crippen molar-refractivity contribution in [3.8, 4) is 17.6 Å². The summed E-state index contributed by atoms with van der Waals surface area (Å²) in [7, 11) is 1.60. The number of methoxy groups -OCH3 is 1. The average Bonchev–Trinajstić information content (AvgIpc) is 3.30. The van der Waals surface area contributed by atoms with Crippen LogP contribution in [0.5, 0.6) is 5.75 Å². The Balaban J connectivity index is 1.40. The minimum absolute atomic E-state index is 0.164. The zero-order chi connectivity index (χ0) is 27.9. The van der Waals surface area contributed by atoms with Crippen LogP contribution in [0.2, 0.25) is 0 Å². The fraction of sp³-hybridized carbons (Fsp3) is 0.344. The number of imide groups is 1. The molecule has 40 heavy (non-hydrogen) atoms. The molecule has 3 heterocycles. The van der Waals surface area contributed by atoms with E-state index in [4.69, 9.17) is 19.2 Å². The third-order valence-corrected chi connectivity index (χ3v) is 6.97. The molecule has 2 aromatic carbocycles. The summed E-state index contributed by atoms with van der Waals surface area (Å²) in [6.07, 6.45) is 3.42. The number of fused-ring (bicyclic) bond motifs is 3. The molecule has 0 bridgehead atoms. The number of ether oxygens (including phenoxy) is 3. The first-order valence-corrected chi connectivity index (χ1v) is 13.6. The molecule has 5 rings (SSSR count). The van der Waals surface area contributed by atoms with Crippen LogP contribution in [0.4, 0.5) is 0 Å². The number of rotatable bonds is 10. The van der Waals surface area contributed by atoms with Crippen molar-refractivity contribution in [2.24, 2.45) is 0 Å². The minimum Gasteiger partial charge on any atom is -0.497 e. The van der Waals surface area contributed by atoms with Crippen molar-refractivity contribution in [1.29, 1.82) is 0 Å². The zero-order valence-corrected chi connectivity index (χ0v) is 22.9. The van der Waals surface area contributed by atoms with Gasteiger partial charge >= 0.3 is 0 Å². The monoisotopic (exact) mass is 539 g/mol. The molecule has 0 aliphatic carbocycles. The molecule has 0 N–H and O–H groups in total. The number of para-hydroxylation sites is 1. The molecule has 2 aromatic heterocycles. The van der Waals surface area contributed by atoms with Crippen molar-refractivity contribution in [3.05, 3.63) is 71.9 Å². The van der Waals surface area contributed by atoms with Gasteiger partial charge in [0, 0.05) is 35.6 Å². The van der Waals surface area contributed by atoms with Crippen molar-refractivity contribution in [3.63, 3.8) is 0 Å². The number of nitrogens with zero attached hydrogens (tertiary/aromatic N) is 3. The molecule has 8 nitrogen and oxygen atoms in total. The third kappa shape index (κ3) is 5.86. The molecule has 1 aliphatic heterocycles. The molecule has 1 atom stereocenters. The fourth-order valence-electron chi connectivity index (χ4n) is 5.02. The maximum atomic E-state index is 13.8. The van der Waals surface area contributed by atoms with E-state index in [9.17, 15) is 9.59 Å². The van der Waals surface area contributed by atoms with Gasteiger partial charge in [0.1, 0.15) is 24.0 Å². The Morgan fingerprint density at radius 1 is 1.00 bits per heavy atom. The Morgan fingerprint density at radius 3 is 2.60 bits per heavy atom. The topological polar surface area (TPSA) is 82.9 Å². The van der Waals surface area contributed by atoms with Crippen LogP contribution in [-0.4, -0.2) is 59.8 Å². The van der Waals surface area contributed by atoms with Gasteiger partial charge in [-0.25, -0.2) is 4.98 Å². The summed E-state index contributed by atoms with van der Waals surface area (Å²) in [4.78, 5) is 32.8. The van der Waals surface area contributed by atoms with Gasteiger partial charge in [-0.15, -0.1) is 0 Å². The molecule has 4 aromatic rings. The largest absolute Gasteiger partial charge is 0.497 e. The van der Waals surface area contributed by atoms with Gasteiger partial charge in [-0.2, -0.15) is 0 Å². The summed E-state index contributed by atoms with van der Waals surface area (Å²) in [5.74, 6) is 6.51. The van der Waals surface area contributed by atoms with E-state index in [1.807, 2.05) is 59.2 Å². The molecule has 1 fully saturated rings. The molecule has 1 saturated heterocycles. The van der Waals surface area contributed by atoms with E-state index in [0.717, 1.165) is 46.2 Å². The number of hydrogen-bond acceptors (Lipinski definition) is 6. The van der Waals surface area contributed by atoms with Crippen LogP contribution >= 0.6 is 0 Å². The number of pyridine rings is 1. The predicted molar refractivity (Wildman–Crippen MR) is 153 cm³/mol. The van der Waals surface area contributed by atoms with Gasteiger partial charge < -0.3 is 18.8 Å². The summed E-state index contributed by atoms with van der Waals surface area (Å²) in [6.45, 7) is 4.40. The number of amides is 2. The van der Waals surface area contributed by atoms with Crippen LogP contribution in [-0.2, 0) is 25.6 Å². The van der Waals surface area contributed by atoms with E-state index < -0.39 is 6.04 Å². The van der Waals surface area contributed by atoms with Crippen molar-refractivity contribution >= 4 is 33.8 Å². The van der Waals surface area contributed by atoms with Gasteiger partial charge in [0.05, 0.1) is 32.4 Å². The van der Waals surface area contributed by atoms with Crippen LogP contribution in [0.3, 0.4) is 0 Å². The predicted octanol–water partition coefficient (Wildman–Crippen LogP) is 4.88. The van der Waals surface area contributed by atoms with Crippen LogP contribution in [0, 0.1) is 11.8 Å². The highest BCUT2D eigenvalue weighted by atomic mass is 16.5. The molecular weight excluding hydrogens is 506 g/mol. The lowest BCUT2D eigenvalue weighted by Gasteiger charge is -2.32. The number of likely N-dealkylation sites (tertiary alicyclic amines) is 1. The van der Waals surface area contributed by atoms with E-state index in [1.165, 1.54) is 4.90 Å². The zero-order valence-electron chi connectivity index (χ0n) is 22.9. The minimum atomic E-state index is -0.536. The summed E-state index contributed by atoms with van der Waals surface area (Å²) >= 11 is 0. The lowest BCUT2D eigenvalue weighted by atomic mass is 10.0. The SMILES string of the molecule is CCCOCCOCC#Cc1cnc2c(c1)c1ccccc1n2C1CCC(=O)N(Cc2ccc(OC)cc2)C1=O. The van der Waals surface area contributed by atoms with Crippen molar-refractivity contribution in [2.75, 3.05) is 33.5 Å². The molecule has 0 spiro atoms. The second-order valence-electron chi connectivity index (χ2n) is 9.67. The maximum absolute atomic E-state index is 13.8. The lowest BCUT2D eigenvalue weighted by Crippen LogP contribution is -2.45. The standard InChI is InChI=1S/C32H33N3O5/c1-3-16-39-18-19-40-17-6-7-24-20-27-26-8-4-5-9-28(26)35(31(27)33-21-24)29-14-15-30(36)34(32(29)37)22-23-10-12-25(38-2)13-11-23/h4-5,8-13,20-21,29H,3,14-19,22H2,1-2H3. The molecule has 8 heteroatoms. The van der Waals surface area contributed by atoms with E-state index >= 15 is 0 Å². The van der Waals surface area contributed by atoms with Gasteiger partial charge in [-0.3, -0.25) is 14.5 Å². The Bertz CT molecular complexity index is 1560. The second kappa shape index (κ2) is 12.8. The molecule has 206 valence electrons. The molecule has 0 saturated carbocycles. The Hall–Kier alpha value is -4.19. The summed E-state index contributed by atoms with van der Waals surface area (Å²) in [5, 5.41) is 1.91. The quantitative estimate of drug-likeness (QED) is 0.162. The third-order valence-electron chi connectivity index (χ3n) is 6.97. The Morgan fingerprint density at radius 2 is 1.80 bits per heavy atom. The van der Waals surface area contributed by atoms with E-state index in [1.54, 1.807) is 13.3 Å². The average molecular weight is 540 g/mol. The van der Waals surface area contributed by atoms with Crippen LogP contribution < -0.4 is 4.74 Å². The first kappa shape index (κ1) is 27.4. The Labute approximate surface area is 233 Å². The fourth-order valence-corrected chi connectivity index (χ4v) is 5.02. The summed E-state index contributed by atoms with van der Waals surface area (Å²) in [5.41, 5.74) is 3.24. The number of carbonyl (C=O) groups is 2. The van der Waals surface area contributed by atoms with E-state index in [-0.39, 0.29) is 24.8 Å². The van der Waals surface area contributed by atoms with Gasteiger partial charge in [-0.1, -0.05) is 49.1 Å². The number of aromatic nitrogens is 2. The molecule has 2 amide bonds. The van der Waals surface area contributed by atoms with Crippen LogP contribution in [0.1, 0.15) is 43.4 Å². The first-order chi connectivity index (χ1) is 19.6. The lowest BCUT2D eigenvalue weighted by molar-refractivity contribution is -0.151. The highest BCUT2D eigenvalue weighted by molar-refractivity contribution is 6.09. The smallest absolute Gasteiger partial charge is 0.252 e. The van der Waals surface area contributed by atoms with Gasteiger partial charge in [0.15, 0.2) is 0 Å². The van der Waals surface area contributed by atoms with Crippen molar-refractivity contribution < 1.29 is 23.8 Å². The number of benzene rings is 2. The maximum Gasteiger partial charge on any atom is 0.252 e. The molecular formula is C32H33N3O5. The number of carbonyl (C=O) groups excluding carboxylic acids is 2. The number of hydrogen-bond donors (Lipinski definition) is 0. The van der Waals surface area contributed by atoms with E-state index in [0.29, 0.717) is 31.9 Å². The van der Waals surface area contributed by atoms with Crippen LogP contribution in [0.15, 0.2) is 60.8 Å². The highest BCUT2D eigenvalue weighted by Crippen LogP contribution is 2.35. The summed E-state index contributed by atoms with van der Waals surface area (Å²) < 4.78 is 18.2. The van der Waals surface area contributed by atoms with Crippen molar-refractivity contribution in [2.45, 2.75) is 38.8 Å². The normalized spacial score (nSPS) is 15.4. The van der Waals surface area contributed by atoms with Gasteiger partial charge in [-0.05, 0) is 42.7 Å². The molecule has 1 aliphatic rings. The van der Waals surface area contributed by atoms with E-state index in [2.05, 4.69) is 18.8 Å². The first-order valence-electron chi connectivity index (χ1n) is 13.6. The van der Waals surface area contributed by atoms with Crippen LogP contribution in [0.25, 0.3) is 21.9 Å². The molecule has 1 unspecified atom stereocenters. The van der Waals surface area contributed by atoms with Crippen molar-refractivity contribution in [1.82, 2.24) is 14.5 Å². The summed E-state index contributed by atoms with van der Waals surface area (Å²) in [6, 6.07) is 16.8. The molecule has 0 radical (unpaired) electrons.